The highest BCUT2D eigenvalue weighted by atomic mass is 16.5. The molecule has 0 aliphatic heterocycles. The summed E-state index contributed by atoms with van der Waals surface area (Å²) >= 11 is 0. The fraction of sp³-hybridized carbons (Fsp3) is 0.118. The minimum absolute atomic E-state index is 0.0402. The average Bonchev–Trinajstić information content (AvgIpc) is 2.49. The van der Waals surface area contributed by atoms with E-state index >= 15 is 0 Å². The lowest BCUT2D eigenvalue weighted by molar-refractivity contribution is -0.354. The normalized spacial score (nSPS) is 11.1. The van der Waals surface area contributed by atoms with E-state index in [1.807, 2.05) is 0 Å². The molecule has 1 N–H and O–H groups in total. The summed E-state index contributed by atoms with van der Waals surface area (Å²) in [5.41, 5.74) is 2.39. The van der Waals surface area contributed by atoms with Gasteiger partial charge in [0, 0.05) is 35.9 Å². The maximum absolute atomic E-state index is 12.1. The molecule has 0 saturated heterocycles. The van der Waals surface area contributed by atoms with E-state index in [2.05, 4.69) is 5.32 Å². The molecular formula is C17H16N2O3. The quantitative estimate of drug-likeness (QED) is 0.310. The van der Waals surface area contributed by atoms with Crippen molar-refractivity contribution in [3.05, 3.63) is 64.9 Å². The summed E-state index contributed by atoms with van der Waals surface area (Å²) in [6.07, 6.45) is 1.43. The zero-order chi connectivity index (χ0) is 16.1. The fourth-order valence-corrected chi connectivity index (χ4v) is 1.91. The van der Waals surface area contributed by atoms with E-state index in [0.717, 1.165) is 4.74 Å². The Balaban J connectivity index is 2.17. The highest BCUT2D eigenvalue weighted by Crippen LogP contribution is 2.14. The molecule has 0 radical (unpaired) electrons. The molecular weight excluding hydrogens is 280 g/mol. The number of hydrogen-bond donors (Lipinski definition) is 1. The van der Waals surface area contributed by atoms with Crippen LogP contribution in [0.4, 0.5) is 11.4 Å². The molecule has 0 bridgehead atoms. The fourth-order valence-electron chi connectivity index (χ4n) is 1.91. The summed E-state index contributed by atoms with van der Waals surface area (Å²) in [5.74, 6) is -0.186. The number of rotatable bonds is 4. The Kier molecular flexibility index (Phi) is 4.68. The zero-order valence-corrected chi connectivity index (χ0v) is 12.4. The number of ketones is 1. The summed E-state index contributed by atoms with van der Waals surface area (Å²) in [6, 6.07) is 13.4. The van der Waals surface area contributed by atoms with E-state index in [9.17, 15) is 14.8 Å². The number of carbonyl (C=O) groups excluding carboxylic acids is 2. The van der Waals surface area contributed by atoms with Gasteiger partial charge in [-0.15, -0.1) is 0 Å². The summed E-state index contributed by atoms with van der Waals surface area (Å²) < 4.78 is 0.733. The Bertz CT molecular complexity index is 717. The van der Waals surface area contributed by atoms with E-state index in [0.29, 0.717) is 22.5 Å². The van der Waals surface area contributed by atoms with Crippen LogP contribution in [-0.4, -0.2) is 22.6 Å². The van der Waals surface area contributed by atoms with E-state index < -0.39 is 0 Å². The van der Waals surface area contributed by atoms with Gasteiger partial charge in [0.05, 0.1) is 0 Å². The first-order valence-electron chi connectivity index (χ1n) is 6.75. The van der Waals surface area contributed by atoms with Gasteiger partial charge in [0.1, 0.15) is 0 Å². The van der Waals surface area contributed by atoms with Crippen LogP contribution in [0.5, 0.6) is 0 Å². The van der Waals surface area contributed by atoms with Crippen molar-refractivity contribution < 1.29 is 14.3 Å². The van der Waals surface area contributed by atoms with Gasteiger partial charge in [-0.1, -0.05) is 0 Å². The van der Waals surface area contributed by atoms with Crippen molar-refractivity contribution >= 4 is 29.3 Å². The summed E-state index contributed by atoms with van der Waals surface area (Å²) in [6.45, 7) is 2.91. The van der Waals surface area contributed by atoms with Crippen LogP contribution in [0.2, 0.25) is 0 Å². The van der Waals surface area contributed by atoms with Gasteiger partial charge in [0.2, 0.25) is 11.6 Å². The van der Waals surface area contributed by atoms with Crippen molar-refractivity contribution in [1.29, 1.82) is 0 Å². The molecule has 5 heteroatoms. The second-order valence-electron chi connectivity index (χ2n) is 4.86. The van der Waals surface area contributed by atoms with Gasteiger partial charge in [-0.3, -0.25) is 9.59 Å². The molecule has 0 aliphatic carbocycles. The van der Waals surface area contributed by atoms with Crippen LogP contribution in [0.1, 0.15) is 29.8 Å². The van der Waals surface area contributed by atoms with Gasteiger partial charge < -0.3 is 10.5 Å². The number of hydrogen-bond acceptors (Lipinski definition) is 3. The Hall–Kier alpha value is -2.95. The third kappa shape index (κ3) is 4.02. The molecule has 5 nitrogen and oxygen atoms in total. The second kappa shape index (κ2) is 6.67. The number of Topliss-reactive ketones (excluding diaryl/α,β-unsaturated/α-hetero) is 1. The van der Waals surface area contributed by atoms with Crippen LogP contribution < -0.4 is 5.32 Å². The highest BCUT2D eigenvalue weighted by molar-refractivity contribution is 5.94. The summed E-state index contributed by atoms with van der Waals surface area (Å²) in [5, 5.41) is 14.7. The number of carbonyl (C=O) groups is 2. The van der Waals surface area contributed by atoms with Crippen molar-refractivity contribution in [2.24, 2.45) is 0 Å². The molecule has 0 fully saturated rings. The lowest BCUT2D eigenvalue weighted by Gasteiger charge is -2.04. The van der Waals surface area contributed by atoms with Crippen LogP contribution in [0.25, 0.3) is 0 Å². The third-order valence-electron chi connectivity index (χ3n) is 3.03. The number of anilines is 1. The minimum Gasteiger partial charge on any atom is -0.618 e. The van der Waals surface area contributed by atoms with Gasteiger partial charge in [-0.2, -0.15) is 4.74 Å². The lowest BCUT2D eigenvalue weighted by atomic mass is 10.1. The van der Waals surface area contributed by atoms with E-state index in [4.69, 9.17) is 0 Å². The van der Waals surface area contributed by atoms with E-state index in [1.54, 1.807) is 48.5 Å². The topological polar surface area (TPSA) is 72.2 Å². The summed E-state index contributed by atoms with van der Waals surface area (Å²) in [7, 11) is 0. The molecule has 2 aromatic carbocycles. The SMILES string of the molecule is CC(=O)Nc1ccc(C=[N+]([O-])c2ccc(C(C)=O)cc2)cc1. The maximum Gasteiger partial charge on any atom is 0.221 e. The Labute approximate surface area is 128 Å². The Morgan fingerprint density at radius 1 is 1.00 bits per heavy atom. The van der Waals surface area contributed by atoms with Crippen molar-refractivity contribution in [3.63, 3.8) is 0 Å². The smallest absolute Gasteiger partial charge is 0.221 e. The molecule has 0 aliphatic rings. The van der Waals surface area contributed by atoms with Crippen molar-refractivity contribution in [1.82, 2.24) is 0 Å². The van der Waals surface area contributed by atoms with Crippen molar-refractivity contribution in [2.45, 2.75) is 13.8 Å². The van der Waals surface area contributed by atoms with Crippen LogP contribution in [0.3, 0.4) is 0 Å². The Morgan fingerprint density at radius 3 is 2.09 bits per heavy atom. The average molecular weight is 296 g/mol. The van der Waals surface area contributed by atoms with Crippen LogP contribution >= 0.6 is 0 Å². The van der Waals surface area contributed by atoms with Gasteiger partial charge >= 0.3 is 0 Å². The van der Waals surface area contributed by atoms with Crippen LogP contribution in [-0.2, 0) is 4.79 Å². The number of amides is 1. The van der Waals surface area contributed by atoms with E-state index in [1.165, 1.54) is 20.1 Å². The number of benzene rings is 2. The molecule has 1 amide bonds. The first-order valence-corrected chi connectivity index (χ1v) is 6.75. The largest absolute Gasteiger partial charge is 0.618 e. The van der Waals surface area contributed by atoms with Gasteiger partial charge in [0.15, 0.2) is 12.0 Å². The maximum atomic E-state index is 12.1. The monoisotopic (exact) mass is 296 g/mol. The Morgan fingerprint density at radius 2 is 1.59 bits per heavy atom. The van der Waals surface area contributed by atoms with Gasteiger partial charge in [-0.05, 0) is 43.3 Å². The molecule has 2 rings (SSSR count). The molecule has 0 spiro atoms. The van der Waals surface area contributed by atoms with Crippen molar-refractivity contribution in [3.8, 4) is 0 Å². The van der Waals surface area contributed by atoms with Crippen LogP contribution in [0.15, 0.2) is 48.5 Å². The van der Waals surface area contributed by atoms with Crippen molar-refractivity contribution in [2.75, 3.05) is 5.32 Å². The number of nitrogens with zero attached hydrogens (tertiary/aromatic N) is 1. The predicted octanol–water partition coefficient (Wildman–Crippen LogP) is 3.11. The molecule has 0 aromatic heterocycles. The van der Waals surface area contributed by atoms with Gasteiger partial charge in [-0.25, -0.2) is 0 Å². The number of nitrogens with one attached hydrogen (secondary N) is 1. The standard InChI is InChI=1S/C17H16N2O3/c1-12(20)15-5-9-17(10-6-15)19(22)11-14-3-7-16(8-4-14)18-13(2)21/h3-11H,1-2H3,(H,18,21). The summed E-state index contributed by atoms with van der Waals surface area (Å²) in [4.78, 5) is 22.1. The predicted molar refractivity (Wildman–Crippen MR) is 85.6 cm³/mol. The molecule has 0 atom stereocenters. The first-order chi connectivity index (χ1) is 10.5. The third-order valence-corrected chi connectivity index (χ3v) is 3.03. The highest BCUT2D eigenvalue weighted by Gasteiger charge is 2.05. The van der Waals surface area contributed by atoms with E-state index in [-0.39, 0.29) is 11.7 Å². The molecule has 112 valence electrons. The molecule has 0 saturated carbocycles. The molecule has 0 unspecified atom stereocenters. The lowest BCUT2D eigenvalue weighted by Crippen LogP contribution is -2.05. The minimum atomic E-state index is -0.146. The molecule has 0 heterocycles. The first kappa shape index (κ1) is 15.4. The second-order valence-corrected chi connectivity index (χ2v) is 4.86. The van der Waals surface area contributed by atoms with Crippen LogP contribution in [0, 0.1) is 5.21 Å². The molecule has 2 aromatic rings. The van der Waals surface area contributed by atoms with Gasteiger partial charge in [0.25, 0.3) is 0 Å². The zero-order valence-electron chi connectivity index (χ0n) is 12.4. The molecule has 22 heavy (non-hydrogen) atoms.